The first-order chi connectivity index (χ1) is 14.8. The average molecular weight is 468 g/mol. The molecule has 2 amide bonds. The van der Waals surface area contributed by atoms with E-state index in [1.165, 1.54) is 12.1 Å². The van der Waals surface area contributed by atoms with Crippen molar-refractivity contribution in [2.75, 3.05) is 25.0 Å². The third-order valence-electron chi connectivity index (χ3n) is 4.29. The predicted molar refractivity (Wildman–Crippen MR) is 116 cm³/mol. The first kappa shape index (κ1) is 22.7. The number of carbonyl (C=O) groups excluding carboxylic acids is 2. The standard InChI is InChI=1S/C21H20Cl2FN3O4/c1-12(6-7-25-20(28)11-30-14-3-4-15(23)16(24)9-14)27-21(29)19-10-26-17-8-13(22)2-5-18(17)31-19/h2-5,8-9,19,26H,1,6-7,10-11H2,(H,25,28)(H,27,29)/t19-/m0/s1. The monoisotopic (exact) mass is 467 g/mol. The lowest BCUT2D eigenvalue weighted by Gasteiger charge is -2.27. The van der Waals surface area contributed by atoms with Crippen LogP contribution in [0.25, 0.3) is 0 Å². The smallest absolute Gasteiger partial charge is 0.267 e. The highest BCUT2D eigenvalue weighted by molar-refractivity contribution is 6.31. The Morgan fingerprint density at radius 2 is 2.06 bits per heavy atom. The van der Waals surface area contributed by atoms with E-state index in [1.54, 1.807) is 18.2 Å². The second-order valence-corrected chi connectivity index (χ2v) is 7.53. The number of hydrogen-bond acceptors (Lipinski definition) is 5. The summed E-state index contributed by atoms with van der Waals surface area (Å²) < 4.78 is 24.2. The minimum Gasteiger partial charge on any atom is -0.484 e. The molecule has 0 unspecified atom stereocenters. The molecule has 1 atom stereocenters. The molecule has 1 aliphatic heterocycles. The Balaban J connectivity index is 1.36. The van der Waals surface area contributed by atoms with Gasteiger partial charge in [0.05, 0.1) is 17.3 Å². The van der Waals surface area contributed by atoms with E-state index < -0.39 is 17.8 Å². The average Bonchev–Trinajstić information content (AvgIpc) is 2.74. The van der Waals surface area contributed by atoms with Gasteiger partial charge in [-0.25, -0.2) is 4.39 Å². The van der Waals surface area contributed by atoms with Gasteiger partial charge in [-0.1, -0.05) is 29.8 Å². The van der Waals surface area contributed by atoms with E-state index in [2.05, 4.69) is 22.5 Å². The van der Waals surface area contributed by atoms with Gasteiger partial charge in [-0.2, -0.15) is 0 Å². The molecule has 1 heterocycles. The zero-order valence-corrected chi connectivity index (χ0v) is 17.9. The fourth-order valence-electron chi connectivity index (χ4n) is 2.72. The number of halogens is 3. The van der Waals surface area contributed by atoms with Crippen LogP contribution in [-0.2, 0) is 9.59 Å². The van der Waals surface area contributed by atoms with Gasteiger partial charge in [-0.05, 0) is 30.3 Å². The van der Waals surface area contributed by atoms with Gasteiger partial charge in [0.25, 0.3) is 11.8 Å². The van der Waals surface area contributed by atoms with Crippen molar-refractivity contribution in [2.24, 2.45) is 0 Å². The number of ether oxygens (including phenoxy) is 2. The van der Waals surface area contributed by atoms with Gasteiger partial charge >= 0.3 is 0 Å². The van der Waals surface area contributed by atoms with Crippen LogP contribution >= 0.6 is 23.2 Å². The molecular weight excluding hydrogens is 448 g/mol. The quantitative estimate of drug-likeness (QED) is 0.552. The summed E-state index contributed by atoms with van der Waals surface area (Å²) in [7, 11) is 0. The van der Waals surface area contributed by atoms with Crippen molar-refractivity contribution in [3.05, 3.63) is 64.5 Å². The van der Waals surface area contributed by atoms with Crippen molar-refractivity contribution in [1.29, 1.82) is 0 Å². The minimum atomic E-state index is -0.729. The number of fused-ring (bicyclic) bond motifs is 1. The van der Waals surface area contributed by atoms with Gasteiger partial charge in [-0.15, -0.1) is 0 Å². The predicted octanol–water partition coefficient (Wildman–Crippen LogP) is 3.52. The van der Waals surface area contributed by atoms with E-state index in [9.17, 15) is 14.0 Å². The minimum absolute atomic E-state index is 0.0274. The van der Waals surface area contributed by atoms with Crippen molar-refractivity contribution in [3.8, 4) is 11.5 Å². The molecule has 3 rings (SSSR count). The summed E-state index contributed by atoms with van der Waals surface area (Å²) in [5.41, 5.74) is 1.15. The lowest BCUT2D eigenvalue weighted by atomic mass is 10.2. The Hall–Kier alpha value is -2.97. The van der Waals surface area contributed by atoms with Crippen LogP contribution in [0.15, 0.2) is 48.7 Å². The summed E-state index contributed by atoms with van der Waals surface area (Å²) in [6.45, 7) is 4.03. The number of carbonyl (C=O) groups is 2. The number of hydrogen-bond donors (Lipinski definition) is 3. The van der Waals surface area contributed by atoms with Gasteiger partial charge in [-0.3, -0.25) is 9.59 Å². The summed E-state index contributed by atoms with van der Waals surface area (Å²) in [6.07, 6.45) is -0.410. The van der Waals surface area contributed by atoms with E-state index in [4.69, 9.17) is 32.7 Å². The first-order valence-corrected chi connectivity index (χ1v) is 10.1. The summed E-state index contributed by atoms with van der Waals surface area (Å²) in [5.74, 6) is -0.647. The molecule has 1 aliphatic rings. The molecule has 2 aromatic carbocycles. The van der Waals surface area contributed by atoms with E-state index in [1.807, 2.05) is 0 Å². The maximum atomic E-state index is 13.3. The van der Waals surface area contributed by atoms with Gasteiger partial charge in [0, 0.05) is 29.8 Å². The molecule has 164 valence electrons. The molecule has 0 saturated heterocycles. The Bertz CT molecular complexity index is 1000. The second kappa shape index (κ2) is 10.4. The van der Waals surface area contributed by atoms with Gasteiger partial charge in [0.15, 0.2) is 12.7 Å². The molecule has 0 aromatic heterocycles. The van der Waals surface area contributed by atoms with Gasteiger partial charge in [0.2, 0.25) is 0 Å². The summed E-state index contributed by atoms with van der Waals surface area (Å²) >= 11 is 11.5. The van der Waals surface area contributed by atoms with E-state index in [-0.39, 0.29) is 36.4 Å². The van der Waals surface area contributed by atoms with Crippen LogP contribution < -0.4 is 25.4 Å². The molecule has 7 nitrogen and oxygen atoms in total. The Labute approximate surface area is 188 Å². The fraction of sp³-hybridized carbons (Fsp3) is 0.238. The van der Waals surface area contributed by atoms with Gasteiger partial charge < -0.3 is 25.4 Å². The number of amides is 2. The van der Waals surface area contributed by atoms with E-state index in [0.717, 1.165) is 11.8 Å². The molecule has 0 aliphatic carbocycles. The van der Waals surface area contributed by atoms with Crippen LogP contribution in [0.2, 0.25) is 10.0 Å². The number of anilines is 1. The van der Waals surface area contributed by atoms with Crippen molar-refractivity contribution in [1.82, 2.24) is 10.6 Å². The number of rotatable bonds is 8. The second-order valence-electron chi connectivity index (χ2n) is 6.69. The van der Waals surface area contributed by atoms with Crippen molar-refractivity contribution >= 4 is 40.7 Å². The summed E-state index contributed by atoms with van der Waals surface area (Å²) in [5, 5.41) is 8.94. The maximum Gasteiger partial charge on any atom is 0.267 e. The van der Waals surface area contributed by atoms with Crippen LogP contribution in [0.3, 0.4) is 0 Å². The largest absolute Gasteiger partial charge is 0.484 e. The van der Waals surface area contributed by atoms with Crippen LogP contribution in [0, 0.1) is 5.82 Å². The Morgan fingerprint density at radius 1 is 1.26 bits per heavy atom. The van der Waals surface area contributed by atoms with E-state index in [0.29, 0.717) is 22.9 Å². The molecule has 0 spiro atoms. The van der Waals surface area contributed by atoms with Crippen LogP contribution in [0.4, 0.5) is 10.1 Å². The lowest BCUT2D eigenvalue weighted by Crippen LogP contribution is -2.44. The number of benzene rings is 2. The fourth-order valence-corrected chi connectivity index (χ4v) is 3.01. The Kier molecular flexibility index (Phi) is 7.59. The van der Waals surface area contributed by atoms with Gasteiger partial charge in [0.1, 0.15) is 17.3 Å². The molecule has 10 heteroatoms. The summed E-state index contributed by atoms with van der Waals surface area (Å²) in [6, 6.07) is 9.00. The van der Waals surface area contributed by atoms with Crippen LogP contribution in [0.1, 0.15) is 6.42 Å². The summed E-state index contributed by atoms with van der Waals surface area (Å²) in [4.78, 5) is 24.2. The third-order valence-corrected chi connectivity index (χ3v) is 4.83. The van der Waals surface area contributed by atoms with Crippen molar-refractivity contribution < 1.29 is 23.5 Å². The zero-order chi connectivity index (χ0) is 22.4. The molecule has 0 fully saturated rings. The Morgan fingerprint density at radius 3 is 2.84 bits per heavy atom. The van der Waals surface area contributed by atoms with Crippen molar-refractivity contribution in [2.45, 2.75) is 12.5 Å². The molecule has 0 radical (unpaired) electrons. The SMILES string of the molecule is C=C(CCNC(=O)COc1ccc(Cl)c(F)c1)NC(=O)[C@@H]1CNc2cc(Cl)ccc2O1. The molecular formula is C21H20Cl2FN3O4. The maximum absolute atomic E-state index is 13.3. The highest BCUT2D eigenvalue weighted by atomic mass is 35.5. The zero-order valence-electron chi connectivity index (χ0n) is 16.3. The normalized spacial score (nSPS) is 14.5. The highest BCUT2D eigenvalue weighted by Crippen LogP contribution is 2.31. The molecule has 3 N–H and O–H groups in total. The van der Waals surface area contributed by atoms with Crippen molar-refractivity contribution in [3.63, 3.8) is 0 Å². The highest BCUT2D eigenvalue weighted by Gasteiger charge is 2.26. The molecule has 2 aromatic rings. The van der Waals surface area contributed by atoms with Crippen LogP contribution in [-0.4, -0.2) is 37.6 Å². The first-order valence-electron chi connectivity index (χ1n) is 9.35. The number of nitrogens with one attached hydrogen (secondary N) is 3. The van der Waals surface area contributed by atoms with E-state index >= 15 is 0 Å². The topological polar surface area (TPSA) is 88.7 Å². The van der Waals surface area contributed by atoms with Crippen LogP contribution in [0.5, 0.6) is 11.5 Å². The lowest BCUT2D eigenvalue weighted by molar-refractivity contribution is -0.126. The molecule has 0 saturated carbocycles. The molecule has 0 bridgehead atoms. The molecule has 31 heavy (non-hydrogen) atoms. The third kappa shape index (κ3) is 6.50.